The van der Waals surface area contributed by atoms with E-state index in [1.54, 1.807) is 19.1 Å². The normalized spacial score (nSPS) is 9.71. The van der Waals surface area contributed by atoms with Crippen molar-refractivity contribution >= 4 is 17.6 Å². The highest BCUT2D eigenvalue weighted by Crippen LogP contribution is 2.03. The molecule has 1 aromatic rings. The van der Waals surface area contributed by atoms with E-state index < -0.39 is 0 Å². The number of nitrogens with one attached hydrogen (secondary N) is 2. The Morgan fingerprint density at radius 3 is 2.53 bits per heavy atom. The van der Waals surface area contributed by atoms with E-state index in [1.807, 2.05) is 18.2 Å². The van der Waals surface area contributed by atoms with Gasteiger partial charge in [0.15, 0.2) is 0 Å². The number of amides is 1. The van der Waals surface area contributed by atoms with Crippen molar-refractivity contribution in [3.63, 3.8) is 0 Å². The second-order valence-electron chi connectivity index (χ2n) is 3.32. The van der Waals surface area contributed by atoms with Gasteiger partial charge in [0.2, 0.25) is 5.91 Å². The van der Waals surface area contributed by atoms with Crippen LogP contribution in [0.3, 0.4) is 0 Å². The first-order chi connectivity index (χ1) is 8.22. The highest BCUT2D eigenvalue weighted by atomic mass is 16.5. The van der Waals surface area contributed by atoms with E-state index in [1.165, 1.54) is 0 Å². The number of hydrogen-bond acceptors (Lipinski definition) is 4. The van der Waals surface area contributed by atoms with Crippen molar-refractivity contribution in [2.75, 3.05) is 25.0 Å². The van der Waals surface area contributed by atoms with E-state index in [-0.39, 0.29) is 25.0 Å². The molecule has 0 spiro atoms. The third-order valence-corrected chi connectivity index (χ3v) is 1.92. The first-order valence-electron chi connectivity index (χ1n) is 5.43. The monoisotopic (exact) mass is 236 g/mol. The molecule has 0 heterocycles. The summed E-state index contributed by atoms with van der Waals surface area (Å²) in [6, 6.07) is 9.13. The van der Waals surface area contributed by atoms with Gasteiger partial charge in [-0.15, -0.1) is 0 Å². The minimum Gasteiger partial charge on any atom is -0.465 e. The summed E-state index contributed by atoms with van der Waals surface area (Å²) in [4.78, 5) is 22.4. The van der Waals surface area contributed by atoms with Gasteiger partial charge in [-0.05, 0) is 19.1 Å². The lowest BCUT2D eigenvalue weighted by Crippen LogP contribution is -2.32. The Morgan fingerprint density at radius 1 is 1.18 bits per heavy atom. The Labute approximate surface area is 100 Å². The molecule has 0 radical (unpaired) electrons. The largest absolute Gasteiger partial charge is 0.465 e. The first kappa shape index (κ1) is 13.2. The number of anilines is 1. The molecule has 5 heteroatoms. The zero-order chi connectivity index (χ0) is 12.5. The molecular weight excluding hydrogens is 220 g/mol. The standard InChI is InChI=1S/C12H16N2O3/c1-2-17-12(16)9-13-8-11(15)14-10-6-4-3-5-7-10/h3-7,13H,2,8-9H2,1H3,(H,14,15). The van der Waals surface area contributed by atoms with Crippen molar-refractivity contribution in [1.29, 1.82) is 0 Å². The van der Waals surface area contributed by atoms with Crippen LogP contribution < -0.4 is 10.6 Å². The molecule has 5 nitrogen and oxygen atoms in total. The summed E-state index contributed by atoms with van der Waals surface area (Å²) >= 11 is 0. The Balaban J connectivity index is 2.20. The van der Waals surface area contributed by atoms with E-state index in [2.05, 4.69) is 10.6 Å². The Bertz CT molecular complexity index is 365. The van der Waals surface area contributed by atoms with Gasteiger partial charge in [-0.2, -0.15) is 0 Å². The second kappa shape index (κ2) is 7.40. The quantitative estimate of drug-likeness (QED) is 0.716. The van der Waals surface area contributed by atoms with E-state index >= 15 is 0 Å². The summed E-state index contributed by atoms with van der Waals surface area (Å²) in [5, 5.41) is 5.40. The number of para-hydroxylation sites is 1. The maximum atomic E-state index is 11.4. The number of rotatable bonds is 6. The highest BCUT2D eigenvalue weighted by Gasteiger charge is 2.04. The highest BCUT2D eigenvalue weighted by molar-refractivity contribution is 5.92. The first-order valence-corrected chi connectivity index (χ1v) is 5.43. The van der Waals surface area contributed by atoms with Gasteiger partial charge in [0.05, 0.1) is 19.7 Å². The van der Waals surface area contributed by atoms with Crippen molar-refractivity contribution in [2.24, 2.45) is 0 Å². The molecule has 0 atom stereocenters. The fourth-order valence-corrected chi connectivity index (χ4v) is 1.22. The van der Waals surface area contributed by atoms with Crippen molar-refractivity contribution in [1.82, 2.24) is 5.32 Å². The zero-order valence-corrected chi connectivity index (χ0v) is 9.73. The molecule has 0 bridgehead atoms. The van der Waals surface area contributed by atoms with Gasteiger partial charge in [0.25, 0.3) is 0 Å². The number of benzene rings is 1. The molecule has 17 heavy (non-hydrogen) atoms. The topological polar surface area (TPSA) is 67.4 Å². The van der Waals surface area contributed by atoms with Crippen LogP contribution >= 0.6 is 0 Å². The van der Waals surface area contributed by atoms with Gasteiger partial charge in [0.1, 0.15) is 0 Å². The smallest absolute Gasteiger partial charge is 0.319 e. The van der Waals surface area contributed by atoms with Gasteiger partial charge < -0.3 is 10.1 Å². The fourth-order valence-electron chi connectivity index (χ4n) is 1.22. The van der Waals surface area contributed by atoms with Crippen LogP contribution in [0.25, 0.3) is 0 Å². The molecule has 0 unspecified atom stereocenters. The maximum absolute atomic E-state index is 11.4. The van der Waals surface area contributed by atoms with Crippen LogP contribution in [0.5, 0.6) is 0 Å². The molecular formula is C12H16N2O3. The molecule has 0 saturated heterocycles. The molecule has 0 saturated carbocycles. The van der Waals surface area contributed by atoms with Crippen LogP contribution in [0.15, 0.2) is 30.3 Å². The van der Waals surface area contributed by atoms with Crippen LogP contribution in [0, 0.1) is 0 Å². The lowest BCUT2D eigenvalue weighted by atomic mass is 10.3. The average Bonchev–Trinajstić information content (AvgIpc) is 2.30. The maximum Gasteiger partial charge on any atom is 0.319 e. The summed E-state index contributed by atoms with van der Waals surface area (Å²) in [6.45, 7) is 2.19. The third-order valence-electron chi connectivity index (χ3n) is 1.92. The van der Waals surface area contributed by atoms with Gasteiger partial charge >= 0.3 is 5.97 Å². The van der Waals surface area contributed by atoms with Crippen LogP contribution in [0.2, 0.25) is 0 Å². The number of hydrogen-bond donors (Lipinski definition) is 2. The zero-order valence-electron chi connectivity index (χ0n) is 9.73. The lowest BCUT2D eigenvalue weighted by Gasteiger charge is -2.06. The number of carbonyl (C=O) groups excluding carboxylic acids is 2. The third kappa shape index (κ3) is 5.67. The summed E-state index contributed by atoms with van der Waals surface area (Å²) in [5.74, 6) is -0.555. The molecule has 1 aromatic carbocycles. The van der Waals surface area contributed by atoms with Crippen molar-refractivity contribution in [3.8, 4) is 0 Å². The molecule has 1 rings (SSSR count). The fraction of sp³-hybridized carbons (Fsp3) is 0.333. The molecule has 0 fully saturated rings. The van der Waals surface area contributed by atoms with Crippen molar-refractivity contribution in [2.45, 2.75) is 6.92 Å². The summed E-state index contributed by atoms with van der Waals surface area (Å²) in [6.07, 6.45) is 0. The molecule has 0 aliphatic heterocycles. The second-order valence-corrected chi connectivity index (χ2v) is 3.32. The molecule has 0 aliphatic rings. The summed E-state index contributed by atoms with van der Waals surface area (Å²) < 4.78 is 4.71. The molecule has 2 N–H and O–H groups in total. The molecule has 0 aromatic heterocycles. The molecule has 0 aliphatic carbocycles. The molecule has 92 valence electrons. The minimum absolute atomic E-state index is 0.0377. The predicted molar refractivity (Wildman–Crippen MR) is 64.6 cm³/mol. The number of ether oxygens (including phenoxy) is 1. The minimum atomic E-state index is -0.361. The average molecular weight is 236 g/mol. The van der Waals surface area contributed by atoms with Gasteiger partial charge in [-0.25, -0.2) is 0 Å². The number of esters is 1. The Morgan fingerprint density at radius 2 is 1.88 bits per heavy atom. The van der Waals surface area contributed by atoms with Crippen LogP contribution in [-0.4, -0.2) is 31.6 Å². The van der Waals surface area contributed by atoms with E-state index in [0.717, 1.165) is 5.69 Å². The van der Waals surface area contributed by atoms with E-state index in [0.29, 0.717) is 6.61 Å². The van der Waals surface area contributed by atoms with E-state index in [4.69, 9.17) is 4.74 Å². The summed E-state index contributed by atoms with van der Waals surface area (Å²) in [5.41, 5.74) is 0.732. The van der Waals surface area contributed by atoms with Crippen LogP contribution in [0.4, 0.5) is 5.69 Å². The van der Waals surface area contributed by atoms with Crippen LogP contribution in [-0.2, 0) is 14.3 Å². The summed E-state index contributed by atoms with van der Waals surface area (Å²) in [7, 11) is 0. The SMILES string of the molecule is CCOC(=O)CNCC(=O)Nc1ccccc1. The van der Waals surface area contributed by atoms with Crippen molar-refractivity contribution in [3.05, 3.63) is 30.3 Å². The molecule has 1 amide bonds. The Hall–Kier alpha value is -1.88. The van der Waals surface area contributed by atoms with Crippen LogP contribution in [0.1, 0.15) is 6.92 Å². The number of carbonyl (C=O) groups is 2. The predicted octanol–water partition coefficient (Wildman–Crippen LogP) is 0.778. The Kier molecular flexibility index (Phi) is 5.74. The van der Waals surface area contributed by atoms with Crippen molar-refractivity contribution < 1.29 is 14.3 Å². The van der Waals surface area contributed by atoms with Gasteiger partial charge in [0, 0.05) is 5.69 Å². The van der Waals surface area contributed by atoms with Gasteiger partial charge in [-0.3, -0.25) is 14.9 Å². The van der Waals surface area contributed by atoms with E-state index in [9.17, 15) is 9.59 Å². The van der Waals surface area contributed by atoms with Gasteiger partial charge in [-0.1, -0.05) is 18.2 Å². The lowest BCUT2D eigenvalue weighted by molar-refractivity contribution is -0.141.